The van der Waals surface area contributed by atoms with E-state index in [-0.39, 0.29) is 30.1 Å². The van der Waals surface area contributed by atoms with Crippen LogP contribution in [0.5, 0.6) is 17.4 Å². The largest absolute Gasteiger partial charge is 0.494 e. The van der Waals surface area contributed by atoms with Gasteiger partial charge in [-0.3, -0.25) is 0 Å². The first-order chi connectivity index (χ1) is 14.1. The van der Waals surface area contributed by atoms with Crippen molar-refractivity contribution in [1.29, 1.82) is 0 Å². The van der Waals surface area contributed by atoms with Crippen molar-refractivity contribution < 1.29 is 14.2 Å². The molecule has 0 amide bonds. The number of hydrogen-bond acceptors (Lipinski definition) is 5. The molecular weight excluding hydrogens is 495 g/mol. The van der Waals surface area contributed by atoms with Gasteiger partial charge in [0, 0.05) is 30.2 Å². The van der Waals surface area contributed by atoms with Crippen LogP contribution in [0.15, 0.2) is 35.3 Å². The van der Waals surface area contributed by atoms with E-state index in [1.807, 2.05) is 32.0 Å². The molecule has 1 atom stereocenters. The van der Waals surface area contributed by atoms with E-state index in [9.17, 15) is 0 Å². The third-order valence-electron chi connectivity index (χ3n) is 4.56. The topological polar surface area (TPSA) is 77.0 Å². The lowest BCUT2D eigenvalue weighted by molar-refractivity contribution is 0.254. The van der Waals surface area contributed by atoms with E-state index in [0.29, 0.717) is 31.5 Å². The first kappa shape index (κ1) is 24.0. The predicted molar refractivity (Wildman–Crippen MR) is 129 cm³/mol. The molecule has 164 valence electrons. The van der Waals surface area contributed by atoms with Crippen molar-refractivity contribution in [3.63, 3.8) is 0 Å². The molecule has 0 bridgehead atoms. The smallest absolute Gasteiger partial charge is 0.213 e. The maximum atomic E-state index is 5.91. The minimum absolute atomic E-state index is 0. The summed E-state index contributed by atoms with van der Waals surface area (Å²) in [4.78, 5) is 9.15. The number of nitrogens with one attached hydrogen (secondary N) is 2. The molecule has 0 aliphatic carbocycles. The number of benzene rings is 1. The maximum Gasteiger partial charge on any atom is 0.213 e. The summed E-state index contributed by atoms with van der Waals surface area (Å²) in [6, 6.07) is 9.85. The second kappa shape index (κ2) is 11.8. The highest BCUT2D eigenvalue weighted by molar-refractivity contribution is 14.0. The van der Waals surface area contributed by atoms with Gasteiger partial charge in [0.15, 0.2) is 5.96 Å². The number of rotatable bonds is 8. The number of nitrogens with zero attached hydrogens (tertiary/aromatic N) is 2. The van der Waals surface area contributed by atoms with Gasteiger partial charge in [0.1, 0.15) is 17.6 Å². The van der Waals surface area contributed by atoms with E-state index in [1.54, 1.807) is 7.11 Å². The van der Waals surface area contributed by atoms with Gasteiger partial charge in [0.25, 0.3) is 0 Å². The van der Waals surface area contributed by atoms with Gasteiger partial charge in [-0.2, -0.15) is 0 Å². The third kappa shape index (κ3) is 6.38. The highest BCUT2D eigenvalue weighted by Crippen LogP contribution is 2.35. The van der Waals surface area contributed by atoms with E-state index >= 15 is 0 Å². The van der Waals surface area contributed by atoms with Crippen molar-refractivity contribution in [2.75, 3.05) is 20.3 Å². The molecule has 2 heterocycles. The van der Waals surface area contributed by atoms with Crippen molar-refractivity contribution in [2.24, 2.45) is 4.99 Å². The number of fused-ring (bicyclic) bond motifs is 1. The number of aliphatic imine (C=N–C) groups is 1. The summed E-state index contributed by atoms with van der Waals surface area (Å²) in [6.07, 6.45) is 1.11. The van der Waals surface area contributed by atoms with Crippen LogP contribution < -0.4 is 24.8 Å². The summed E-state index contributed by atoms with van der Waals surface area (Å²) < 4.78 is 16.9. The quantitative estimate of drug-likeness (QED) is 0.311. The highest BCUT2D eigenvalue weighted by atomic mass is 127. The molecule has 1 aromatic carbocycles. The first-order valence-electron chi connectivity index (χ1n) is 10.1. The Bertz CT molecular complexity index is 860. The van der Waals surface area contributed by atoms with Gasteiger partial charge in [0.05, 0.1) is 32.5 Å². The zero-order chi connectivity index (χ0) is 20.6. The molecular formula is C22H31IN4O3. The van der Waals surface area contributed by atoms with E-state index in [1.165, 1.54) is 5.56 Å². The number of methoxy groups -OCH3 is 1. The van der Waals surface area contributed by atoms with E-state index < -0.39 is 0 Å². The fourth-order valence-corrected chi connectivity index (χ4v) is 3.24. The fraction of sp³-hybridized carbons (Fsp3) is 0.455. The zero-order valence-electron chi connectivity index (χ0n) is 18.0. The van der Waals surface area contributed by atoms with Gasteiger partial charge < -0.3 is 24.8 Å². The van der Waals surface area contributed by atoms with Crippen molar-refractivity contribution >= 4 is 29.9 Å². The number of aromatic nitrogens is 1. The van der Waals surface area contributed by atoms with E-state index in [0.717, 1.165) is 35.7 Å². The summed E-state index contributed by atoms with van der Waals surface area (Å²) in [7, 11) is 1.61. The van der Waals surface area contributed by atoms with Crippen LogP contribution in [0.25, 0.3) is 0 Å². The molecule has 3 rings (SSSR count). The summed E-state index contributed by atoms with van der Waals surface area (Å²) in [5.74, 6) is 3.12. The normalized spacial score (nSPS) is 14.9. The Kier molecular flexibility index (Phi) is 9.48. The fourth-order valence-electron chi connectivity index (χ4n) is 3.24. The van der Waals surface area contributed by atoms with Gasteiger partial charge in [-0.05, 0) is 39.0 Å². The molecule has 1 aliphatic heterocycles. The Labute approximate surface area is 195 Å². The number of halogens is 1. The monoisotopic (exact) mass is 526 g/mol. The second-order valence-electron chi connectivity index (χ2n) is 6.85. The van der Waals surface area contributed by atoms with Crippen LogP contribution in [-0.2, 0) is 19.5 Å². The maximum absolute atomic E-state index is 5.91. The molecule has 2 N–H and O–H groups in total. The molecule has 0 saturated heterocycles. The minimum atomic E-state index is 0. The van der Waals surface area contributed by atoms with E-state index in [2.05, 4.69) is 34.7 Å². The van der Waals surface area contributed by atoms with Crippen LogP contribution >= 0.6 is 24.0 Å². The average Bonchev–Trinajstić information content (AvgIpc) is 3.09. The van der Waals surface area contributed by atoms with Gasteiger partial charge in [-0.15, -0.1) is 24.0 Å². The van der Waals surface area contributed by atoms with Crippen LogP contribution in [-0.4, -0.2) is 37.3 Å². The molecule has 1 unspecified atom stereocenters. The lowest BCUT2D eigenvalue weighted by Crippen LogP contribution is -2.37. The molecule has 0 saturated carbocycles. The highest BCUT2D eigenvalue weighted by Gasteiger charge is 2.21. The van der Waals surface area contributed by atoms with Crippen LogP contribution in [0, 0.1) is 0 Å². The Morgan fingerprint density at radius 1 is 1.27 bits per heavy atom. The van der Waals surface area contributed by atoms with Gasteiger partial charge >= 0.3 is 0 Å². The summed E-state index contributed by atoms with van der Waals surface area (Å²) in [5.41, 5.74) is 3.09. The van der Waals surface area contributed by atoms with Crippen LogP contribution in [0.1, 0.15) is 37.6 Å². The summed E-state index contributed by atoms with van der Waals surface area (Å²) in [5, 5.41) is 6.59. The van der Waals surface area contributed by atoms with Crippen molar-refractivity contribution in [2.45, 2.75) is 46.4 Å². The molecule has 0 radical (unpaired) electrons. The summed E-state index contributed by atoms with van der Waals surface area (Å²) in [6.45, 7) is 8.53. The number of guanidine groups is 1. The second-order valence-corrected chi connectivity index (χ2v) is 6.85. The Morgan fingerprint density at radius 2 is 2.10 bits per heavy atom. The lowest BCUT2D eigenvalue weighted by atomic mass is 10.1. The zero-order valence-corrected chi connectivity index (χ0v) is 20.4. The van der Waals surface area contributed by atoms with Crippen LogP contribution in [0.3, 0.4) is 0 Å². The van der Waals surface area contributed by atoms with Gasteiger partial charge in [0.2, 0.25) is 5.88 Å². The Hall–Kier alpha value is -2.23. The van der Waals surface area contributed by atoms with Crippen molar-refractivity contribution in [1.82, 2.24) is 15.6 Å². The molecule has 1 aliphatic rings. The van der Waals surface area contributed by atoms with Crippen LogP contribution in [0.2, 0.25) is 0 Å². The van der Waals surface area contributed by atoms with Crippen molar-refractivity contribution in [3.05, 3.63) is 47.2 Å². The lowest BCUT2D eigenvalue weighted by Gasteiger charge is -2.14. The predicted octanol–water partition coefficient (Wildman–Crippen LogP) is 3.69. The molecule has 0 fully saturated rings. The van der Waals surface area contributed by atoms with Crippen molar-refractivity contribution in [3.8, 4) is 17.4 Å². The third-order valence-corrected chi connectivity index (χ3v) is 4.56. The average molecular weight is 526 g/mol. The SMILES string of the molecule is CCNC(=NCc1cc2c(cc1OCC)CC(C)O2)NCc1cccc(OC)n1.I. The Balaban J connectivity index is 0.00000320. The van der Waals surface area contributed by atoms with Crippen LogP contribution in [0.4, 0.5) is 0 Å². The number of ether oxygens (including phenoxy) is 3. The van der Waals surface area contributed by atoms with E-state index in [4.69, 9.17) is 19.2 Å². The first-order valence-corrected chi connectivity index (χ1v) is 10.1. The molecule has 30 heavy (non-hydrogen) atoms. The number of pyridine rings is 1. The molecule has 1 aromatic heterocycles. The number of hydrogen-bond donors (Lipinski definition) is 2. The Morgan fingerprint density at radius 3 is 2.83 bits per heavy atom. The summed E-state index contributed by atoms with van der Waals surface area (Å²) >= 11 is 0. The molecule has 7 nitrogen and oxygen atoms in total. The molecule has 8 heteroatoms. The molecule has 0 spiro atoms. The molecule has 2 aromatic rings. The standard InChI is InChI=1S/C22H30N4O3.HI/c1-5-23-22(25-14-18-8-7-9-21(26-18)27-4)24-13-17-12-20-16(10-15(3)29-20)11-19(17)28-6-2;/h7-9,11-12,15H,5-6,10,13-14H2,1-4H3,(H2,23,24,25);1H. The van der Waals surface area contributed by atoms with Gasteiger partial charge in [-0.25, -0.2) is 9.98 Å². The van der Waals surface area contributed by atoms with Gasteiger partial charge in [-0.1, -0.05) is 6.07 Å². The minimum Gasteiger partial charge on any atom is -0.494 e.